The van der Waals surface area contributed by atoms with Crippen LogP contribution in [0.25, 0.3) is 12.2 Å². The van der Waals surface area contributed by atoms with Crippen molar-refractivity contribution < 1.29 is 28.1 Å². The zero-order valence-corrected chi connectivity index (χ0v) is 18.7. The summed E-state index contributed by atoms with van der Waals surface area (Å²) in [5, 5.41) is 9.87. The molecule has 0 aliphatic rings. The molecule has 174 valence electrons. The number of aliphatic hydroxyl groups is 1. The molecular weight excluding hydrogens is 447 g/mol. The van der Waals surface area contributed by atoms with Crippen molar-refractivity contribution in [2.45, 2.75) is 33.2 Å². The van der Waals surface area contributed by atoms with Crippen molar-refractivity contribution >= 4 is 29.7 Å². The van der Waals surface area contributed by atoms with Crippen LogP contribution < -0.4 is 16.0 Å². The smallest absolute Gasteiger partial charge is 0.384 e. The molecule has 0 amide bonds. The standard InChI is InChI=1S/C23H25ClF3NO4/c1-13(2)20(12-29)28-11-17(23(31)32-27)22(30)16(19(28)7-8-25)10-14(3)9-15-5-4-6-18(24)21(15)26/h4-7,10-11,13-14,20,29H,8-9,12H2,1-3H3/b16-10+,19-7+. The third kappa shape index (κ3) is 5.61. The van der Waals surface area contributed by atoms with Crippen LogP contribution in [0, 0.1) is 17.7 Å². The number of aliphatic hydroxyl groups excluding tert-OH is 1. The fourth-order valence-electron chi connectivity index (χ4n) is 3.60. The largest absolute Gasteiger partial charge is 0.394 e. The fraction of sp³-hybridized carbons (Fsp3) is 0.391. The number of alkyl halides is 1. The van der Waals surface area contributed by atoms with E-state index in [2.05, 4.69) is 4.94 Å². The SMILES string of the molecule is CC(/C=c1/c(=O)c(C(=O)OF)cn(C(CO)C(C)C)/c1=C/CF)Cc1cccc(Cl)c1F. The molecule has 0 bridgehead atoms. The Balaban J connectivity index is 2.81. The van der Waals surface area contributed by atoms with Crippen molar-refractivity contribution in [1.29, 1.82) is 0 Å². The second kappa shape index (κ2) is 11.3. The molecule has 2 aromatic rings. The summed E-state index contributed by atoms with van der Waals surface area (Å²) in [4.78, 5) is 28.2. The van der Waals surface area contributed by atoms with Gasteiger partial charge in [-0.2, -0.15) is 0 Å². The van der Waals surface area contributed by atoms with E-state index >= 15 is 0 Å². The van der Waals surface area contributed by atoms with Crippen molar-refractivity contribution in [1.82, 2.24) is 4.57 Å². The van der Waals surface area contributed by atoms with Crippen LogP contribution in [0.2, 0.25) is 5.02 Å². The van der Waals surface area contributed by atoms with Gasteiger partial charge in [0.15, 0.2) is 0 Å². The van der Waals surface area contributed by atoms with Gasteiger partial charge in [0, 0.05) is 15.9 Å². The molecule has 0 aliphatic heterocycles. The van der Waals surface area contributed by atoms with Crippen LogP contribution in [0.15, 0.2) is 29.2 Å². The summed E-state index contributed by atoms with van der Waals surface area (Å²) >= 11 is 5.83. The highest BCUT2D eigenvalue weighted by Crippen LogP contribution is 2.21. The number of hydrogen-bond acceptors (Lipinski definition) is 4. The molecule has 0 saturated carbocycles. The van der Waals surface area contributed by atoms with Crippen LogP contribution in [0.3, 0.4) is 0 Å². The molecule has 1 N–H and O–H groups in total. The van der Waals surface area contributed by atoms with Crippen LogP contribution in [0.5, 0.6) is 0 Å². The quantitative estimate of drug-likeness (QED) is 0.641. The maximum atomic E-state index is 14.3. The lowest BCUT2D eigenvalue weighted by Crippen LogP contribution is -2.50. The Kier molecular flexibility index (Phi) is 9.09. The Labute approximate surface area is 188 Å². The van der Waals surface area contributed by atoms with Gasteiger partial charge in [-0.1, -0.05) is 50.6 Å². The van der Waals surface area contributed by atoms with Gasteiger partial charge in [0.1, 0.15) is 18.1 Å². The molecule has 9 heteroatoms. The van der Waals surface area contributed by atoms with E-state index in [0.717, 1.165) is 12.3 Å². The van der Waals surface area contributed by atoms with Crippen LogP contribution in [-0.4, -0.2) is 28.9 Å². The first-order chi connectivity index (χ1) is 15.2. The molecule has 1 aromatic heterocycles. The molecule has 0 fully saturated rings. The van der Waals surface area contributed by atoms with Crippen LogP contribution >= 0.6 is 11.6 Å². The number of carbonyl (C=O) groups is 1. The third-order valence-electron chi connectivity index (χ3n) is 5.21. The van der Waals surface area contributed by atoms with E-state index in [9.17, 15) is 28.0 Å². The van der Waals surface area contributed by atoms with Gasteiger partial charge in [-0.25, -0.2) is 18.5 Å². The number of aromatic nitrogens is 1. The van der Waals surface area contributed by atoms with Gasteiger partial charge < -0.3 is 9.67 Å². The highest BCUT2D eigenvalue weighted by Gasteiger charge is 2.22. The first-order valence-corrected chi connectivity index (χ1v) is 10.4. The first kappa shape index (κ1) is 25.7. The molecule has 2 unspecified atom stereocenters. The predicted octanol–water partition coefficient (Wildman–Crippen LogP) is 3.28. The Morgan fingerprint density at radius 2 is 2.00 bits per heavy atom. The summed E-state index contributed by atoms with van der Waals surface area (Å²) in [5.74, 6) is -2.70. The summed E-state index contributed by atoms with van der Waals surface area (Å²) < 4.78 is 41.7. The van der Waals surface area contributed by atoms with Crippen LogP contribution in [-0.2, 0) is 11.4 Å². The fourth-order valence-corrected chi connectivity index (χ4v) is 3.79. The van der Waals surface area contributed by atoms with E-state index in [0.29, 0.717) is 5.56 Å². The number of benzene rings is 1. The van der Waals surface area contributed by atoms with Gasteiger partial charge >= 0.3 is 5.97 Å². The minimum atomic E-state index is -1.50. The number of rotatable bonds is 8. The van der Waals surface area contributed by atoms with E-state index in [-0.39, 0.29) is 34.5 Å². The number of halogens is 4. The highest BCUT2D eigenvalue weighted by atomic mass is 35.5. The minimum Gasteiger partial charge on any atom is -0.394 e. The highest BCUT2D eigenvalue weighted by molar-refractivity contribution is 6.30. The minimum absolute atomic E-state index is 0.0427. The van der Waals surface area contributed by atoms with Crippen LogP contribution in [0.1, 0.15) is 42.7 Å². The van der Waals surface area contributed by atoms with E-state index in [1.54, 1.807) is 32.9 Å². The number of nitrogens with zero attached hydrogens (tertiary/aromatic N) is 1. The average molecular weight is 472 g/mol. The molecule has 2 rings (SSSR count). The summed E-state index contributed by atoms with van der Waals surface area (Å²) in [5.41, 5.74) is -1.15. The van der Waals surface area contributed by atoms with E-state index in [1.165, 1.54) is 16.7 Å². The van der Waals surface area contributed by atoms with Crippen molar-refractivity contribution in [2.75, 3.05) is 13.3 Å². The molecule has 0 saturated heterocycles. The van der Waals surface area contributed by atoms with Gasteiger partial charge in [0.2, 0.25) is 5.43 Å². The first-order valence-electron chi connectivity index (χ1n) is 10.1. The molecule has 0 radical (unpaired) electrons. The molecule has 1 heterocycles. The lowest BCUT2D eigenvalue weighted by molar-refractivity contribution is -0.0790. The average Bonchev–Trinajstić information content (AvgIpc) is 2.75. The topological polar surface area (TPSA) is 68.5 Å². The number of hydrogen-bond donors (Lipinski definition) is 1. The Hall–Kier alpha value is -2.58. The lowest BCUT2D eigenvalue weighted by Gasteiger charge is -2.24. The van der Waals surface area contributed by atoms with Gasteiger partial charge in [-0.05, 0) is 36.0 Å². The maximum Gasteiger partial charge on any atom is 0.384 e. The second-order valence-corrected chi connectivity index (χ2v) is 8.26. The number of pyridine rings is 1. The summed E-state index contributed by atoms with van der Waals surface area (Å²) in [7, 11) is 0. The molecule has 2 atom stereocenters. The van der Waals surface area contributed by atoms with Gasteiger partial charge in [0.05, 0.1) is 23.0 Å². The van der Waals surface area contributed by atoms with Gasteiger partial charge in [0.25, 0.3) is 0 Å². The van der Waals surface area contributed by atoms with E-state index < -0.39 is 41.4 Å². The van der Waals surface area contributed by atoms with Gasteiger partial charge in [-0.15, -0.1) is 0 Å². The normalized spacial score (nSPS) is 14.7. The van der Waals surface area contributed by atoms with Gasteiger partial charge in [-0.3, -0.25) is 4.79 Å². The zero-order chi connectivity index (χ0) is 24.0. The van der Waals surface area contributed by atoms with E-state index in [4.69, 9.17) is 11.6 Å². The Bertz CT molecular complexity index is 1150. The van der Waals surface area contributed by atoms with Crippen molar-refractivity contribution in [3.63, 3.8) is 0 Å². The summed E-state index contributed by atoms with van der Waals surface area (Å²) in [6, 6.07) is 3.92. The Morgan fingerprint density at radius 3 is 2.56 bits per heavy atom. The molecule has 32 heavy (non-hydrogen) atoms. The molecule has 0 aliphatic carbocycles. The summed E-state index contributed by atoms with van der Waals surface area (Å²) in [6.07, 6.45) is 3.82. The van der Waals surface area contributed by atoms with Crippen LogP contribution in [0.4, 0.5) is 13.3 Å². The summed E-state index contributed by atoms with van der Waals surface area (Å²) in [6.45, 7) is 3.98. The van der Waals surface area contributed by atoms with Crippen molar-refractivity contribution in [3.05, 3.63) is 67.2 Å². The number of carbonyl (C=O) groups excluding carboxylic acids is 1. The molecule has 0 spiro atoms. The maximum absolute atomic E-state index is 14.3. The zero-order valence-electron chi connectivity index (χ0n) is 17.9. The van der Waals surface area contributed by atoms with E-state index in [1.807, 2.05) is 0 Å². The predicted molar refractivity (Wildman–Crippen MR) is 117 cm³/mol. The Morgan fingerprint density at radius 1 is 1.31 bits per heavy atom. The lowest BCUT2D eigenvalue weighted by atomic mass is 9.98. The van der Waals surface area contributed by atoms with Crippen molar-refractivity contribution in [2.24, 2.45) is 11.8 Å². The monoisotopic (exact) mass is 471 g/mol. The molecule has 1 aromatic carbocycles. The molecule has 5 nitrogen and oxygen atoms in total. The third-order valence-corrected chi connectivity index (χ3v) is 5.50. The van der Waals surface area contributed by atoms with Crippen molar-refractivity contribution in [3.8, 4) is 0 Å². The second-order valence-electron chi connectivity index (χ2n) is 7.86. The molecular formula is C23H25ClF3NO4.